The normalized spacial score (nSPS) is 16.6. The second-order valence-corrected chi connectivity index (χ2v) is 6.08. The van der Waals surface area contributed by atoms with E-state index in [1.165, 1.54) is 0 Å². The first-order chi connectivity index (χ1) is 12.3. The summed E-state index contributed by atoms with van der Waals surface area (Å²) in [5, 5.41) is 13.7. The molecule has 0 saturated carbocycles. The van der Waals surface area contributed by atoms with Crippen molar-refractivity contribution in [3.8, 4) is 16.9 Å². The quantitative estimate of drug-likeness (QED) is 0.647. The van der Waals surface area contributed by atoms with Gasteiger partial charge in [0.05, 0.1) is 17.6 Å². The van der Waals surface area contributed by atoms with Crippen molar-refractivity contribution >= 4 is 17.3 Å². The van der Waals surface area contributed by atoms with Crippen molar-refractivity contribution in [2.75, 3.05) is 6.54 Å². The third-order valence-corrected chi connectivity index (χ3v) is 4.57. The van der Waals surface area contributed by atoms with Crippen LogP contribution in [-0.2, 0) is 0 Å². The fourth-order valence-electron chi connectivity index (χ4n) is 3.07. The highest BCUT2D eigenvalue weighted by Gasteiger charge is 2.31. The molecule has 2 heterocycles. The second-order valence-electron chi connectivity index (χ2n) is 5.72. The Balaban J connectivity index is 1.90. The lowest BCUT2D eigenvalue weighted by molar-refractivity contribution is 0.365. The molecule has 25 heavy (non-hydrogen) atoms. The fraction of sp³-hybridized carbons (Fsp3) is 0.158. The maximum atomic E-state index is 5.32. The number of azo groups is 1. The molecule has 0 amide bonds. The fourth-order valence-corrected chi connectivity index (χ4v) is 3.34. The number of aromatic nitrogens is 2. The average molecular weight is 347 g/mol. The number of benzene rings is 2. The van der Waals surface area contributed by atoms with Crippen molar-refractivity contribution in [2.24, 2.45) is 10.2 Å². The van der Waals surface area contributed by atoms with Gasteiger partial charge in [0, 0.05) is 17.7 Å². The topological polar surface area (TPSA) is 45.8 Å². The van der Waals surface area contributed by atoms with E-state index in [4.69, 9.17) is 12.2 Å². The summed E-state index contributed by atoms with van der Waals surface area (Å²) < 4.78 is 1.95. The molecule has 124 valence electrons. The number of thiocarbonyl (C=S) groups is 1. The first-order valence-electron chi connectivity index (χ1n) is 8.20. The largest absolute Gasteiger partial charge is 0.319 e. The molecule has 0 spiro atoms. The van der Waals surface area contributed by atoms with Gasteiger partial charge in [-0.2, -0.15) is 10.2 Å². The van der Waals surface area contributed by atoms with Gasteiger partial charge in [-0.15, -0.1) is 5.11 Å². The zero-order valence-corrected chi connectivity index (χ0v) is 14.6. The first-order valence-corrected chi connectivity index (χ1v) is 8.60. The van der Waals surface area contributed by atoms with Crippen LogP contribution < -0.4 is 0 Å². The van der Waals surface area contributed by atoms with Crippen LogP contribution in [0.3, 0.4) is 0 Å². The van der Waals surface area contributed by atoms with Crippen LogP contribution in [0.1, 0.15) is 18.7 Å². The Labute approximate surface area is 151 Å². The van der Waals surface area contributed by atoms with Gasteiger partial charge in [-0.05, 0) is 31.3 Å². The van der Waals surface area contributed by atoms with E-state index in [1.807, 2.05) is 64.3 Å². The van der Waals surface area contributed by atoms with E-state index < -0.39 is 0 Å². The summed E-state index contributed by atoms with van der Waals surface area (Å²) in [4.78, 5) is 2.01. The SMILES string of the molecule is CCN1C(=S)N=NC1c1cnn(-c2ccccc2)c1-c1ccccc1. The molecule has 2 aromatic carbocycles. The van der Waals surface area contributed by atoms with E-state index in [0.29, 0.717) is 5.11 Å². The van der Waals surface area contributed by atoms with Crippen molar-refractivity contribution in [1.29, 1.82) is 0 Å². The van der Waals surface area contributed by atoms with Crippen LogP contribution in [0.4, 0.5) is 0 Å². The average Bonchev–Trinajstić information content (AvgIpc) is 3.26. The molecule has 0 fully saturated rings. The van der Waals surface area contributed by atoms with Gasteiger partial charge >= 0.3 is 0 Å². The van der Waals surface area contributed by atoms with Crippen LogP contribution in [-0.4, -0.2) is 26.3 Å². The standard InChI is InChI=1S/C19H17N5S/c1-2-23-18(21-22-19(23)25)16-13-20-24(15-11-7-4-8-12-15)17(16)14-9-5-3-6-10-14/h3-13,18H,2H2,1H3. The Morgan fingerprint density at radius 2 is 1.68 bits per heavy atom. The van der Waals surface area contributed by atoms with Gasteiger partial charge in [0.1, 0.15) is 0 Å². The Kier molecular flexibility index (Phi) is 4.11. The molecule has 0 radical (unpaired) electrons. The molecular formula is C19H17N5S. The summed E-state index contributed by atoms with van der Waals surface area (Å²) in [7, 11) is 0. The van der Waals surface area contributed by atoms with Gasteiger partial charge in [0.2, 0.25) is 5.11 Å². The van der Waals surface area contributed by atoms with Crippen molar-refractivity contribution in [2.45, 2.75) is 13.1 Å². The van der Waals surface area contributed by atoms with E-state index in [9.17, 15) is 0 Å². The number of nitrogens with zero attached hydrogens (tertiary/aromatic N) is 5. The molecule has 0 bridgehead atoms. The number of hydrogen-bond acceptors (Lipinski definition) is 3. The third-order valence-electron chi connectivity index (χ3n) is 4.26. The molecule has 6 heteroatoms. The molecule has 0 aliphatic carbocycles. The van der Waals surface area contributed by atoms with Crippen molar-refractivity contribution in [3.05, 3.63) is 72.4 Å². The van der Waals surface area contributed by atoms with Crippen LogP contribution in [0.2, 0.25) is 0 Å². The van der Waals surface area contributed by atoms with E-state index in [2.05, 4.69) is 34.4 Å². The lowest BCUT2D eigenvalue weighted by Gasteiger charge is -2.21. The van der Waals surface area contributed by atoms with Gasteiger partial charge in [-0.1, -0.05) is 48.5 Å². The Morgan fingerprint density at radius 1 is 1.00 bits per heavy atom. The summed E-state index contributed by atoms with van der Waals surface area (Å²) in [6.07, 6.45) is 1.64. The van der Waals surface area contributed by atoms with Crippen LogP contribution in [0, 0.1) is 0 Å². The third kappa shape index (κ3) is 2.74. The van der Waals surface area contributed by atoms with Crippen molar-refractivity contribution < 1.29 is 0 Å². The molecule has 1 atom stereocenters. The maximum absolute atomic E-state index is 5.32. The van der Waals surface area contributed by atoms with E-state index in [-0.39, 0.29) is 6.17 Å². The lowest BCUT2D eigenvalue weighted by Crippen LogP contribution is -2.27. The molecule has 4 rings (SSSR count). The highest BCUT2D eigenvalue weighted by atomic mass is 32.1. The molecular weight excluding hydrogens is 330 g/mol. The zero-order valence-electron chi connectivity index (χ0n) is 13.8. The highest BCUT2D eigenvalue weighted by Crippen LogP contribution is 2.36. The second kappa shape index (κ2) is 6.57. The zero-order chi connectivity index (χ0) is 17.2. The molecule has 1 aromatic heterocycles. The minimum absolute atomic E-state index is 0.231. The van der Waals surface area contributed by atoms with Gasteiger partial charge in [-0.25, -0.2) is 4.68 Å². The Morgan fingerprint density at radius 3 is 2.36 bits per heavy atom. The Hall–Kier alpha value is -2.86. The predicted molar refractivity (Wildman–Crippen MR) is 102 cm³/mol. The van der Waals surface area contributed by atoms with Crippen LogP contribution in [0.5, 0.6) is 0 Å². The molecule has 1 aliphatic rings. The molecule has 0 saturated heterocycles. The van der Waals surface area contributed by atoms with E-state index >= 15 is 0 Å². The predicted octanol–water partition coefficient (Wildman–Crippen LogP) is 4.61. The number of para-hydroxylation sites is 1. The van der Waals surface area contributed by atoms with Crippen LogP contribution in [0.25, 0.3) is 16.9 Å². The van der Waals surface area contributed by atoms with E-state index in [0.717, 1.165) is 29.1 Å². The monoisotopic (exact) mass is 347 g/mol. The molecule has 1 unspecified atom stereocenters. The summed E-state index contributed by atoms with van der Waals surface area (Å²) in [5.74, 6) is 0. The summed E-state index contributed by atoms with van der Waals surface area (Å²) in [6.45, 7) is 2.81. The smallest absolute Gasteiger partial charge is 0.218 e. The van der Waals surface area contributed by atoms with Gasteiger partial charge in [0.25, 0.3) is 0 Å². The minimum atomic E-state index is -0.231. The Bertz CT molecular complexity index is 918. The van der Waals surface area contributed by atoms with Gasteiger partial charge in [-0.3, -0.25) is 0 Å². The molecule has 1 aliphatic heterocycles. The highest BCUT2D eigenvalue weighted by molar-refractivity contribution is 7.80. The first kappa shape index (κ1) is 15.7. The number of rotatable bonds is 4. The van der Waals surface area contributed by atoms with Crippen molar-refractivity contribution in [3.63, 3.8) is 0 Å². The molecule has 0 N–H and O–H groups in total. The lowest BCUT2D eigenvalue weighted by atomic mass is 10.1. The maximum Gasteiger partial charge on any atom is 0.218 e. The van der Waals surface area contributed by atoms with Gasteiger partial charge < -0.3 is 4.90 Å². The number of hydrogen-bond donors (Lipinski definition) is 0. The van der Waals surface area contributed by atoms with E-state index in [1.54, 1.807) is 0 Å². The minimum Gasteiger partial charge on any atom is -0.319 e. The van der Waals surface area contributed by atoms with Crippen LogP contribution >= 0.6 is 12.2 Å². The van der Waals surface area contributed by atoms with Crippen LogP contribution in [0.15, 0.2) is 77.1 Å². The summed E-state index contributed by atoms with van der Waals surface area (Å²) in [5.41, 5.74) is 4.11. The summed E-state index contributed by atoms with van der Waals surface area (Å²) >= 11 is 5.32. The molecule has 3 aromatic rings. The van der Waals surface area contributed by atoms with Gasteiger partial charge in [0.15, 0.2) is 6.17 Å². The van der Waals surface area contributed by atoms with Crippen molar-refractivity contribution in [1.82, 2.24) is 14.7 Å². The summed E-state index contributed by atoms with van der Waals surface area (Å²) in [6, 6.07) is 20.3. The molecule has 5 nitrogen and oxygen atoms in total.